The third-order valence-electron chi connectivity index (χ3n) is 4.36. The summed E-state index contributed by atoms with van der Waals surface area (Å²) in [5.74, 6) is 0.980. The van der Waals surface area contributed by atoms with Crippen molar-refractivity contribution < 1.29 is 0 Å². The molecule has 0 unspecified atom stereocenters. The lowest BCUT2D eigenvalue weighted by Crippen LogP contribution is -2.11. The standard InChI is InChI=1S/C21H18N4S/c22-21(26)17-6-3-4-15(12-17)14-25-11-10-23-20(25)13-18-9-8-16-5-1-2-7-19(16)24-18/h1-12H,13-14H2,(H2,22,26). The van der Waals surface area contributed by atoms with E-state index in [2.05, 4.69) is 33.8 Å². The van der Waals surface area contributed by atoms with E-state index in [1.165, 1.54) is 0 Å². The van der Waals surface area contributed by atoms with Crippen LogP contribution in [0.2, 0.25) is 0 Å². The van der Waals surface area contributed by atoms with Crippen LogP contribution < -0.4 is 5.73 Å². The Hall–Kier alpha value is -3.05. The van der Waals surface area contributed by atoms with Gasteiger partial charge in [0.1, 0.15) is 10.8 Å². The van der Waals surface area contributed by atoms with Gasteiger partial charge in [0, 0.05) is 42.0 Å². The highest BCUT2D eigenvalue weighted by atomic mass is 32.1. The highest BCUT2D eigenvalue weighted by Crippen LogP contribution is 2.15. The summed E-state index contributed by atoms with van der Waals surface area (Å²) in [5.41, 5.74) is 9.78. The first-order chi connectivity index (χ1) is 12.7. The molecule has 128 valence electrons. The zero-order valence-corrected chi connectivity index (χ0v) is 15.0. The fourth-order valence-electron chi connectivity index (χ4n) is 3.04. The van der Waals surface area contributed by atoms with E-state index in [1.807, 2.05) is 48.8 Å². The van der Waals surface area contributed by atoms with Crippen LogP contribution in [0.5, 0.6) is 0 Å². The van der Waals surface area contributed by atoms with E-state index in [4.69, 9.17) is 22.9 Å². The zero-order valence-electron chi connectivity index (χ0n) is 14.2. The van der Waals surface area contributed by atoms with Gasteiger partial charge in [-0.2, -0.15) is 0 Å². The number of rotatable bonds is 5. The van der Waals surface area contributed by atoms with Crippen LogP contribution in [-0.2, 0) is 13.0 Å². The van der Waals surface area contributed by atoms with Gasteiger partial charge in [0.15, 0.2) is 0 Å². The predicted molar refractivity (Wildman–Crippen MR) is 108 cm³/mol. The first-order valence-electron chi connectivity index (χ1n) is 8.42. The van der Waals surface area contributed by atoms with Crippen LogP contribution in [0, 0.1) is 0 Å². The van der Waals surface area contributed by atoms with Crippen LogP contribution in [0.4, 0.5) is 0 Å². The van der Waals surface area contributed by atoms with E-state index in [0.29, 0.717) is 11.4 Å². The SMILES string of the molecule is NC(=S)c1cccc(Cn2ccnc2Cc2ccc3ccccc3n2)c1. The lowest BCUT2D eigenvalue weighted by atomic mass is 10.1. The minimum atomic E-state index is 0.415. The van der Waals surface area contributed by atoms with Crippen molar-refractivity contribution in [2.45, 2.75) is 13.0 Å². The molecule has 4 rings (SSSR count). The Bertz CT molecular complexity index is 1080. The summed E-state index contributed by atoms with van der Waals surface area (Å²) in [6.07, 6.45) is 4.50. The summed E-state index contributed by atoms with van der Waals surface area (Å²) in [5, 5.41) is 1.15. The molecule has 2 heterocycles. The fraction of sp³-hybridized carbons (Fsp3) is 0.0952. The van der Waals surface area contributed by atoms with Crippen molar-refractivity contribution in [2.24, 2.45) is 5.73 Å². The maximum Gasteiger partial charge on any atom is 0.114 e. The van der Waals surface area contributed by atoms with Gasteiger partial charge in [-0.1, -0.05) is 54.7 Å². The Kier molecular flexibility index (Phi) is 4.46. The van der Waals surface area contributed by atoms with Crippen LogP contribution >= 0.6 is 12.2 Å². The van der Waals surface area contributed by atoms with Crippen molar-refractivity contribution in [1.82, 2.24) is 14.5 Å². The number of pyridine rings is 1. The van der Waals surface area contributed by atoms with Gasteiger partial charge in [0.05, 0.1) is 5.52 Å². The molecule has 2 aromatic carbocycles. The summed E-state index contributed by atoms with van der Waals surface area (Å²) in [7, 11) is 0. The summed E-state index contributed by atoms with van der Waals surface area (Å²) in [4.78, 5) is 9.68. The molecule has 0 spiro atoms. The Morgan fingerprint density at radius 3 is 2.81 bits per heavy atom. The normalized spacial score (nSPS) is 10.9. The van der Waals surface area contributed by atoms with Crippen LogP contribution in [0.1, 0.15) is 22.6 Å². The molecule has 0 fully saturated rings. The number of hydrogen-bond donors (Lipinski definition) is 1. The molecule has 0 atom stereocenters. The average molecular weight is 358 g/mol. The van der Waals surface area contributed by atoms with Crippen molar-refractivity contribution in [3.05, 3.63) is 95.7 Å². The molecule has 2 N–H and O–H groups in total. The molecule has 0 saturated heterocycles. The Morgan fingerprint density at radius 2 is 1.92 bits per heavy atom. The second-order valence-electron chi connectivity index (χ2n) is 6.21. The lowest BCUT2D eigenvalue weighted by Gasteiger charge is -2.09. The first-order valence-corrected chi connectivity index (χ1v) is 8.83. The molecular formula is C21H18N4S. The number of nitrogens with zero attached hydrogens (tertiary/aromatic N) is 3. The van der Waals surface area contributed by atoms with E-state index in [1.54, 1.807) is 0 Å². The third-order valence-corrected chi connectivity index (χ3v) is 4.60. The van der Waals surface area contributed by atoms with Crippen LogP contribution in [0.3, 0.4) is 0 Å². The zero-order chi connectivity index (χ0) is 17.9. The summed E-state index contributed by atoms with van der Waals surface area (Å²) in [6.45, 7) is 0.722. The highest BCUT2D eigenvalue weighted by molar-refractivity contribution is 7.80. The molecule has 0 radical (unpaired) electrons. The number of hydrogen-bond acceptors (Lipinski definition) is 3. The van der Waals surface area contributed by atoms with Crippen LogP contribution in [-0.4, -0.2) is 19.5 Å². The van der Waals surface area contributed by atoms with Gasteiger partial charge in [-0.05, 0) is 23.8 Å². The van der Waals surface area contributed by atoms with Gasteiger partial charge < -0.3 is 10.3 Å². The molecule has 0 bridgehead atoms. The molecule has 4 aromatic rings. The molecule has 5 heteroatoms. The quantitative estimate of drug-likeness (QED) is 0.553. The first kappa shape index (κ1) is 16.4. The molecule has 4 nitrogen and oxygen atoms in total. The average Bonchev–Trinajstić information content (AvgIpc) is 3.08. The number of imidazole rings is 1. The highest BCUT2D eigenvalue weighted by Gasteiger charge is 2.08. The van der Waals surface area contributed by atoms with Crippen molar-refractivity contribution in [2.75, 3.05) is 0 Å². The minimum Gasteiger partial charge on any atom is -0.389 e. The summed E-state index contributed by atoms with van der Waals surface area (Å²) in [6, 6.07) is 20.3. The van der Waals surface area contributed by atoms with E-state index in [0.717, 1.165) is 40.1 Å². The second-order valence-corrected chi connectivity index (χ2v) is 6.65. The van der Waals surface area contributed by atoms with E-state index in [-0.39, 0.29) is 0 Å². The maximum atomic E-state index is 5.74. The maximum absolute atomic E-state index is 5.74. The van der Waals surface area contributed by atoms with Crippen molar-refractivity contribution in [1.29, 1.82) is 0 Å². The molecule has 0 aliphatic carbocycles. The molecule has 0 saturated carbocycles. The van der Waals surface area contributed by atoms with E-state index < -0.39 is 0 Å². The number of thiocarbonyl (C=S) groups is 1. The lowest BCUT2D eigenvalue weighted by molar-refractivity contribution is 0.736. The Balaban J connectivity index is 1.58. The smallest absolute Gasteiger partial charge is 0.114 e. The largest absolute Gasteiger partial charge is 0.389 e. The molecule has 0 aliphatic rings. The summed E-state index contributed by atoms with van der Waals surface area (Å²) < 4.78 is 2.13. The number of para-hydroxylation sites is 1. The molecule has 2 aromatic heterocycles. The van der Waals surface area contributed by atoms with Crippen molar-refractivity contribution in [3.63, 3.8) is 0 Å². The van der Waals surface area contributed by atoms with Gasteiger partial charge in [-0.15, -0.1) is 0 Å². The predicted octanol–water partition coefficient (Wildman–Crippen LogP) is 3.70. The Morgan fingerprint density at radius 1 is 1.04 bits per heavy atom. The molecule has 26 heavy (non-hydrogen) atoms. The third kappa shape index (κ3) is 3.48. The monoisotopic (exact) mass is 358 g/mol. The van der Waals surface area contributed by atoms with Crippen molar-refractivity contribution in [3.8, 4) is 0 Å². The van der Waals surface area contributed by atoms with E-state index >= 15 is 0 Å². The number of aromatic nitrogens is 3. The van der Waals surface area contributed by atoms with Crippen molar-refractivity contribution >= 4 is 28.1 Å². The fourth-order valence-corrected chi connectivity index (χ4v) is 3.17. The van der Waals surface area contributed by atoms with Crippen LogP contribution in [0.25, 0.3) is 10.9 Å². The summed E-state index contributed by atoms with van der Waals surface area (Å²) >= 11 is 5.07. The van der Waals surface area contributed by atoms with E-state index in [9.17, 15) is 0 Å². The number of nitrogens with two attached hydrogens (primary N) is 1. The van der Waals surface area contributed by atoms with Gasteiger partial charge in [-0.25, -0.2) is 4.98 Å². The molecular weight excluding hydrogens is 340 g/mol. The minimum absolute atomic E-state index is 0.415. The van der Waals surface area contributed by atoms with Gasteiger partial charge in [0.2, 0.25) is 0 Å². The molecule has 0 amide bonds. The number of benzene rings is 2. The Labute approximate surface area is 157 Å². The second kappa shape index (κ2) is 7.06. The topological polar surface area (TPSA) is 56.7 Å². The number of fused-ring (bicyclic) bond motifs is 1. The van der Waals surface area contributed by atoms with Gasteiger partial charge in [0.25, 0.3) is 0 Å². The van der Waals surface area contributed by atoms with Crippen LogP contribution in [0.15, 0.2) is 73.1 Å². The molecule has 0 aliphatic heterocycles. The van der Waals surface area contributed by atoms with Gasteiger partial charge >= 0.3 is 0 Å². The van der Waals surface area contributed by atoms with Gasteiger partial charge in [-0.3, -0.25) is 4.98 Å².